The Morgan fingerprint density at radius 2 is 1.20 bits per heavy atom. The Hall–Kier alpha value is -0.0151. The van der Waals surface area contributed by atoms with Crippen molar-refractivity contribution in [1.29, 1.82) is 0 Å². The molecule has 0 bridgehead atoms. The zero-order valence-electron chi connectivity index (χ0n) is 3.78. The molecule has 0 unspecified atom stereocenters. The summed E-state index contributed by atoms with van der Waals surface area (Å²) >= 11 is 0. The summed E-state index contributed by atoms with van der Waals surface area (Å²) in [7, 11) is 3.75. The first-order valence-corrected chi connectivity index (χ1v) is 1.00. The number of hydrogen-bond acceptors (Lipinski definition) is 2. The van der Waals surface area contributed by atoms with Crippen LogP contribution in [0.3, 0.4) is 0 Å². The minimum atomic E-state index is 0. The summed E-state index contributed by atoms with van der Waals surface area (Å²) in [4.78, 5) is 0. The molecular formula is C2H10BN2. The second-order valence-electron chi connectivity index (χ2n) is 0.500. The number of rotatable bonds is 0. The van der Waals surface area contributed by atoms with E-state index in [0.717, 1.165) is 0 Å². The van der Waals surface area contributed by atoms with E-state index in [1.54, 1.807) is 0 Å². The van der Waals surface area contributed by atoms with Crippen molar-refractivity contribution >= 4 is 8.41 Å². The molecule has 0 spiro atoms. The lowest BCUT2D eigenvalue weighted by Gasteiger charge is -1.59. The second-order valence-corrected chi connectivity index (χ2v) is 0.500. The third kappa shape index (κ3) is 69200. The highest BCUT2D eigenvalue weighted by Gasteiger charge is 1.25. The SMILES string of the molecule is CNC.N.[B]. The first kappa shape index (κ1) is 20.1. The second kappa shape index (κ2) is 36.6. The van der Waals surface area contributed by atoms with Gasteiger partial charge in [-0.25, -0.2) is 0 Å². The van der Waals surface area contributed by atoms with Crippen LogP contribution in [0.1, 0.15) is 0 Å². The molecule has 0 heterocycles. The fraction of sp³-hybridized carbons (Fsp3) is 1.00. The molecule has 0 aromatic carbocycles. The van der Waals surface area contributed by atoms with E-state index < -0.39 is 0 Å². The molecule has 3 radical (unpaired) electrons. The van der Waals surface area contributed by atoms with Crippen molar-refractivity contribution in [1.82, 2.24) is 11.5 Å². The van der Waals surface area contributed by atoms with Crippen molar-refractivity contribution in [2.24, 2.45) is 0 Å². The van der Waals surface area contributed by atoms with Crippen molar-refractivity contribution in [3.63, 3.8) is 0 Å². The molecule has 0 aliphatic carbocycles. The van der Waals surface area contributed by atoms with Gasteiger partial charge in [0.2, 0.25) is 0 Å². The lowest BCUT2D eigenvalue weighted by atomic mass is 10.8. The molecule has 0 atom stereocenters. The zero-order valence-corrected chi connectivity index (χ0v) is 3.78. The third-order valence-corrected chi connectivity index (χ3v) is 0. The van der Waals surface area contributed by atoms with Crippen molar-refractivity contribution in [2.75, 3.05) is 14.1 Å². The van der Waals surface area contributed by atoms with Crippen molar-refractivity contribution < 1.29 is 0 Å². The fourth-order valence-corrected chi connectivity index (χ4v) is 0. The Morgan fingerprint density at radius 1 is 1.20 bits per heavy atom. The molecule has 0 fully saturated rings. The molecule has 31 valence electrons. The van der Waals surface area contributed by atoms with Gasteiger partial charge < -0.3 is 11.5 Å². The summed E-state index contributed by atoms with van der Waals surface area (Å²) in [6.07, 6.45) is 0. The smallest absolute Gasteiger partial charge is 0 e. The van der Waals surface area contributed by atoms with E-state index in [0.29, 0.717) is 0 Å². The molecule has 2 nitrogen and oxygen atoms in total. The molecule has 0 rings (SSSR count). The number of nitrogens with one attached hydrogen (secondary N) is 1. The molecule has 0 saturated heterocycles. The van der Waals surface area contributed by atoms with Gasteiger partial charge in [-0.1, -0.05) is 0 Å². The summed E-state index contributed by atoms with van der Waals surface area (Å²) in [6.45, 7) is 0. The van der Waals surface area contributed by atoms with Crippen LogP contribution in [-0.2, 0) is 0 Å². The van der Waals surface area contributed by atoms with Gasteiger partial charge in [-0.3, -0.25) is 0 Å². The van der Waals surface area contributed by atoms with Gasteiger partial charge in [-0.2, -0.15) is 0 Å². The molecule has 0 saturated carbocycles. The van der Waals surface area contributed by atoms with Gasteiger partial charge in [0.05, 0.1) is 0 Å². The van der Waals surface area contributed by atoms with Crippen LogP contribution in [-0.4, -0.2) is 22.5 Å². The van der Waals surface area contributed by atoms with Crippen LogP contribution >= 0.6 is 0 Å². The molecule has 4 N–H and O–H groups in total. The molecule has 5 heavy (non-hydrogen) atoms. The summed E-state index contributed by atoms with van der Waals surface area (Å²) < 4.78 is 0. The molecule has 0 aromatic heterocycles. The summed E-state index contributed by atoms with van der Waals surface area (Å²) in [5, 5.41) is 2.75. The first-order chi connectivity index (χ1) is 1.41. The highest BCUT2D eigenvalue weighted by molar-refractivity contribution is 5.75. The van der Waals surface area contributed by atoms with Crippen molar-refractivity contribution in [2.45, 2.75) is 0 Å². The maximum absolute atomic E-state index is 2.75. The third-order valence-electron chi connectivity index (χ3n) is 0. The van der Waals surface area contributed by atoms with Crippen LogP contribution in [0.25, 0.3) is 0 Å². The molecule has 0 aromatic rings. The van der Waals surface area contributed by atoms with Gasteiger partial charge in [-0.15, -0.1) is 0 Å². The first-order valence-electron chi connectivity index (χ1n) is 1.00. The lowest BCUT2D eigenvalue weighted by molar-refractivity contribution is 1.02. The van der Waals surface area contributed by atoms with Gasteiger partial charge in [0.25, 0.3) is 0 Å². The molecular weight excluding hydrogens is 62.8 g/mol. The molecule has 0 aliphatic heterocycles. The van der Waals surface area contributed by atoms with E-state index in [9.17, 15) is 0 Å². The Balaban J connectivity index is -0.0000000200. The Labute approximate surface area is 35.1 Å². The van der Waals surface area contributed by atoms with Gasteiger partial charge in [0.1, 0.15) is 0 Å². The van der Waals surface area contributed by atoms with E-state index in [1.165, 1.54) is 0 Å². The Morgan fingerprint density at radius 3 is 1.20 bits per heavy atom. The zero-order chi connectivity index (χ0) is 2.71. The molecule has 0 amide bonds. The lowest BCUT2D eigenvalue weighted by Crippen LogP contribution is -1.89. The van der Waals surface area contributed by atoms with Crippen molar-refractivity contribution in [3.8, 4) is 0 Å². The topological polar surface area (TPSA) is 47.0 Å². The van der Waals surface area contributed by atoms with Crippen molar-refractivity contribution in [3.05, 3.63) is 0 Å². The fourth-order valence-electron chi connectivity index (χ4n) is 0. The van der Waals surface area contributed by atoms with Crippen LogP contribution in [0.15, 0.2) is 0 Å². The Kier molecular flexibility index (Phi) is 147. The summed E-state index contributed by atoms with van der Waals surface area (Å²) in [5.74, 6) is 0. The van der Waals surface area contributed by atoms with Crippen LogP contribution < -0.4 is 11.5 Å². The average molecular weight is 72.9 g/mol. The van der Waals surface area contributed by atoms with Crippen LogP contribution in [0.5, 0.6) is 0 Å². The van der Waals surface area contributed by atoms with Gasteiger partial charge >= 0.3 is 0 Å². The van der Waals surface area contributed by atoms with Crippen LogP contribution in [0.4, 0.5) is 0 Å². The molecule has 0 aliphatic rings. The maximum Gasteiger partial charge on any atom is 0 e. The highest BCUT2D eigenvalue weighted by atomic mass is 14.7. The molecule has 3 heteroatoms. The summed E-state index contributed by atoms with van der Waals surface area (Å²) in [6, 6.07) is 0. The van der Waals surface area contributed by atoms with Gasteiger partial charge in [-0.05, 0) is 14.1 Å². The average Bonchev–Trinajstić information content (AvgIpc) is 0.918. The van der Waals surface area contributed by atoms with E-state index in [2.05, 4.69) is 5.32 Å². The number of hydrogen-bond donors (Lipinski definition) is 2. The predicted octanol–water partition coefficient (Wildman–Crippen LogP) is -0.383. The van der Waals surface area contributed by atoms with Gasteiger partial charge in [0, 0.05) is 8.41 Å². The van der Waals surface area contributed by atoms with E-state index >= 15 is 0 Å². The van der Waals surface area contributed by atoms with Crippen LogP contribution in [0.2, 0.25) is 0 Å². The van der Waals surface area contributed by atoms with E-state index in [4.69, 9.17) is 0 Å². The standard InChI is InChI=1S/C2H7N.B.H3N/c1-3-2;;/h3H,1-2H3;;1H3. The summed E-state index contributed by atoms with van der Waals surface area (Å²) in [5.41, 5.74) is 0. The minimum absolute atomic E-state index is 0. The van der Waals surface area contributed by atoms with Crippen LogP contribution in [0, 0.1) is 0 Å². The monoisotopic (exact) mass is 73.1 g/mol. The minimum Gasteiger partial charge on any atom is -0.344 e. The van der Waals surface area contributed by atoms with E-state index in [1.807, 2.05) is 14.1 Å². The predicted molar refractivity (Wildman–Crippen MR) is 25.8 cm³/mol. The normalized spacial score (nSPS) is 3.60. The van der Waals surface area contributed by atoms with E-state index in [-0.39, 0.29) is 14.6 Å². The quantitative estimate of drug-likeness (QED) is 0.384. The highest BCUT2D eigenvalue weighted by Crippen LogP contribution is 0.981. The Bertz CT molecular complexity index is 7.61. The maximum atomic E-state index is 2.75. The van der Waals surface area contributed by atoms with Gasteiger partial charge in [0.15, 0.2) is 0 Å². The largest absolute Gasteiger partial charge is 0.344 e.